The van der Waals surface area contributed by atoms with E-state index in [9.17, 15) is 4.79 Å². The van der Waals surface area contributed by atoms with Crippen LogP contribution in [0.4, 0.5) is 5.82 Å². The molecule has 26 heavy (non-hydrogen) atoms. The van der Waals surface area contributed by atoms with Gasteiger partial charge in [-0.05, 0) is 19.3 Å². The minimum Gasteiger partial charge on any atom is -0.356 e. The minimum atomic E-state index is -0.178. The fourth-order valence-electron chi connectivity index (χ4n) is 3.04. The Kier molecular flexibility index (Phi) is 6.58. The smallest absolute Gasteiger partial charge is 0.234 e. The first-order chi connectivity index (χ1) is 12.6. The average molecular weight is 397 g/mol. The number of amides is 1. The number of halogens is 1. The highest BCUT2D eigenvalue weighted by atomic mass is 35.5. The summed E-state index contributed by atoms with van der Waals surface area (Å²) in [5.41, 5.74) is 0.823. The summed E-state index contributed by atoms with van der Waals surface area (Å²) in [6, 6.07) is 0. The number of nitrogens with zero attached hydrogens (tertiary/aromatic N) is 5. The van der Waals surface area contributed by atoms with Gasteiger partial charge in [-0.15, -0.1) is 11.6 Å². The molecule has 1 N–H and O–H groups in total. The average Bonchev–Trinajstić information content (AvgIpc) is 3.04. The van der Waals surface area contributed by atoms with Gasteiger partial charge in [0.1, 0.15) is 11.7 Å². The van der Waals surface area contributed by atoms with E-state index in [1.807, 2.05) is 10.9 Å². The van der Waals surface area contributed by atoms with E-state index < -0.39 is 0 Å². The molecule has 0 spiro atoms. The van der Waals surface area contributed by atoms with Crippen LogP contribution >= 0.6 is 23.4 Å². The molecule has 9 heteroatoms. The van der Waals surface area contributed by atoms with E-state index in [0.29, 0.717) is 18.3 Å². The van der Waals surface area contributed by atoms with Gasteiger partial charge in [0.25, 0.3) is 0 Å². The fourth-order valence-corrected chi connectivity index (χ4v) is 3.84. The van der Waals surface area contributed by atoms with Crippen LogP contribution in [0.1, 0.15) is 33.1 Å². The number of fused-ring (bicyclic) bond motifs is 1. The summed E-state index contributed by atoms with van der Waals surface area (Å²) in [6.07, 6.45) is 5.50. The number of rotatable bonds is 7. The van der Waals surface area contributed by atoms with Gasteiger partial charge in [-0.2, -0.15) is 5.10 Å². The van der Waals surface area contributed by atoms with Crippen molar-refractivity contribution in [3.8, 4) is 0 Å². The number of hydrogen-bond donors (Lipinski definition) is 1. The van der Waals surface area contributed by atoms with Crippen molar-refractivity contribution in [3.63, 3.8) is 0 Å². The van der Waals surface area contributed by atoms with Crippen LogP contribution in [0.15, 0.2) is 11.4 Å². The SMILES string of the molecule is CC(C)Sc1nc(N2CCCCC2)c2cnn(CCNC(=O)CCl)c2n1. The van der Waals surface area contributed by atoms with Crippen molar-refractivity contribution < 1.29 is 4.79 Å². The van der Waals surface area contributed by atoms with Gasteiger partial charge in [0.05, 0.1) is 18.1 Å². The second-order valence-corrected chi connectivity index (χ2v) is 8.44. The standard InChI is InChI=1S/C17H25ClN6OS/c1-12(2)26-17-21-15(23-7-4-3-5-8-23)13-11-20-24(16(13)22-17)9-6-19-14(25)10-18/h11-12H,3-10H2,1-2H3,(H,19,25). The van der Waals surface area contributed by atoms with Crippen molar-refractivity contribution in [1.29, 1.82) is 0 Å². The predicted octanol–water partition coefficient (Wildman–Crippen LogP) is 2.67. The summed E-state index contributed by atoms with van der Waals surface area (Å²) < 4.78 is 1.84. The molecule has 1 saturated heterocycles. The molecule has 0 atom stereocenters. The number of nitrogens with one attached hydrogen (secondary N) is 1. The Bertz CT molecular complexity index is 759. The van der Waals surface area contributed by atoms with Crippen LogP contribution in [0.5, 0.6) is 0 Å². The molecule has 1 fully saturated rings. The zero-order valence-corrected chi connectivity index (χ0v) is 16.8. The molecule has 0 aromatic carbocycles. The zero-order valence-electron chi connectivity index (χ0n) is 15.2. The highest BCUT2D eigenvalue weighted by Crippen LogP contribution is 2.30. The number of hydrogen-bond acceptors (Lipinski definition) is 6. The lowest BCUT2D eigenvalue weighted by molar-refractivity contribution is -0.118. The number of carbonyl (C=O) groups is 1. The van der Waals surface area contributed by atoms with Crippen molar-refractivity contribution in [2.75, 3.05) is 30.4 Å². The van der Waals surface area contributed by atoms with Gasteiger partial charge in [-0.1, -0.05) is 25.6 Å². The van der Waals surface area contributed by atoms with Crippen molar-refractivity contribution in [2.24, 2.45) is 0 Å². The molecule has 0 unspecified atom stereocenters. The van der Waals surface area contributed by atoms with Crippen LogP contribution in [0, 0.1) is 0 Å². The van der Waals surface area contributed by atoms with Crippen LogP contribution in [0.25, 0.3) is 11.0 Å². The van der Waals surface area contributed by atoms with Crippen LogP contribution in [0.3, 0.4) is 0 Å². The fraction of sp³-hybridized carbons (Fsp3) is 0.647. The van der Waals surface area contributed by atoms with Crippen molar-refractivity contribution in [3.05, 3.63) is 6.20 Å². The third kappa shape index (κ3) is 4.59. The van der Waals surface area contributed by atoms with Crippen molar-refractivity contribution in [2.45, 2.75) is 50.1 Å². The molecule has 0 bridgehead atoms. The summed E-state index contributed by atoms with van der Waals surface area (Å²) >= 11 is 7.18. The molecule has 1 aliphatic heterocycles. The highest BCUT2D eigenvalue weighted by molar-refractivity contribution is 7.99. The Balaban J connectivity index is 1.91. The highest BCUT2D eigenvalue weighted by Gasteiger charge is 2.20. The Morgan fingerprint density at radius 2 is 2.08 bits per heavy atom. The normalized spacial score (nSPS) is 15.0. The molecule has 2 aromatic rings. The quantitative estimate of drug-likeness (QED) is 0.440. The number of carbonyl (C=O) groups excluding carboxylic acids is 1. The van der Waals surface area contributed by atoms with Crippen LogP contribution < -0.4 is 10.2 Å². The molecule has 142 valence electrons. The number of piperidine rings is 1. The minimum absolute atomic E-state index is 0.0314. The molecule has 1 aliphatic rings. The number of aromatic nitrogens is 4. The van der Waals surface area contributed by atoms with E-state index in [-0.39, 0.29) is 11.8 Å². The van der Waals surface area contributed by atoms with Crippen LogP contribution in [0.2, 0.25) is 0 Å². The van der Waals surface area contributed by atoms with Gasteiger partial charge in [0.2, 0.25) is 5.91 Å². The zero-order chi connectivity index (χ0) is 18.5. The summed E-state index contributed by atoms with van der Waals surface area (Å²) in [6.45, 7) is 7.34. The van der Waals surface area contributed by atoms with Crippen LogP contribution in [-0.4, -0.2) is 56.4 Å². The van der Waals surface area contributed by atoms with Gasteiger partial charge in [0, 0.05) is 24.9 Å². The molecule has 0 saturated carbocycles. The number of alkyl halides is 1. The van der Waals surface area contributed by atoms with Gasteiger partial charge in [-0.3, -0.25) is 4.79 Å². The number of thioether (sulfide) groups is 1. The Labute approximate surface area is 162 Å². The molecular weight excluding hydrogens is 372 g/mol. The lowest BCUT2D eigenvalue weighted by atomic mass is 10.1. The molecule has 3 heterocycles. The maximum Gasteiger partial charge on any atom is 0.234 e. The molecule has 1 amide bonds. The van der Waals surface area contributed by atoms with E-state index in [2.05, 4.69) is 29.2 Å². The third-order valence-corrected chi connectivity index (χ3v) is 5.33. The summed E-state index contributed by atoms with van der Waals surface area (Å²) in [5, 5.41) is 9.41. The second kappa shape index (κ2) is 8.90. The lowest BCUT2D eigenvalue weighted by Crippen LogP contribution is -2.30. The molecule has 0 aliphatic carbocycles. The van der Waals surface area contributed by atoms with Gasteiger partial charge in [0.15, 0.2) is 10.8 Å². The van der Waals surface area contributed by atoms with E-state index >= 15 is 0 Å². The summed E-state index contributed by atoms with van der Waals surface area (Å²) in [7, 11) is 0. The number of anilines is 1. The maximum atomic E-state index is 11.3. The van der Waals surface area contributed by atoms with E-state index in [0.717, 1.165) is 35.1 Å². The molecule has 7 nitrogen and oxygen atoms in total. The largest absolute Gasteiger partial charge is 0.356 e. The molecule has 2 aromatic heterocycles. The molecule has 0 radical (unpaired) electrons. The molecule has 3 rings (SSSR count). The Hall–Kier alpha value is -1.54. The van der Waals surface area contributed by atoms with E-state index in [1.165, 1.54) is 19.3 Å². The van der Waals surface area contributed by atoms with E-state index in [1.54, 1.807) is 11.8 Å². The van der Waals surface area contributed by atoms with Gasteiger partial charge < -0.3 is 10.2 Å². The van der Waals surface area contributed by atoms with Crippen molar-refractivity contribution >= 4 is 46.1 Å². The maximum absolute atomic E-state index is 11.3. The lowest BCUT2D eigenvalue weighted by Gasteiger charge is -2.28. The summed E-state index contributed by atoms with van der Waals surface area (Å²) in [5.74, 6) is 0.771. The van der Waals surface area contributed by atoms with Crippen LogP contribution in [-0.2, 0) is 11.3 Å². The Morgan fingerprint density at radius 3 is 2.77 bits per heavy atom. The predicted molar refractivity (Wildman–Crippen MR) is 106 cm³/mol. The third-order valence-electron chi connectivity index (χ3n) is 4.22. The van der Waals surface area contributed by atoms with E-state index in [4.69, 9.17) is 21.6 Å². The van der Waals surface area contributed by atoms with Gasteiger partial charge >= 0.3 is 0 Å². The summed E-state index contributed by atoms with van der Waals surface area (Å²) in [4.78, 5) is 23.3. The van der Waals surface area contributed by atoms with Gasteiger partial charge in [-0.25, -0.2) is 14.6 Å². The second-order valence-electron chi connectivity index (χ2n) is 6.63. The first-order valence-electron chi connectivity index (χ1n) is 9.06. The first-order valence-corrected chi connectivity index (χ1v) is 10.5. The molecular formula is C17H25ClN6OS. The van der Waals surface area contributed by atoms with Crippen molar-refractivity contribution in [1.82, 2.24) is 25.1 Å². The first kappa shape index (κ1) is 19.2. The Morgan fingerprint density at radius 1 is 1.31 bits per heavy atom. The topological polar surface area (TPSA) is 75.9 Å². The monoisotopic (exact) mass is 396 g/mol.